The molecule has 1 atom stereocenters. The molecule has 0 fully saturated rings. The lowest BCUT2D eigenvalue weighted by Gasteiger charge is -2.26. The van der Waals surface area contributed by atoms with E-state index in [0.29, 0.717) is 5.56 Å². The first-order chi connectivity index (χ1) is 12.2. The minimum Gasteiger partial charge on any atom is -0.508 e. The Labute approximate surface area is 150 Å². The van der Waals surface area contributed by atoms with Crippen LogP contribution in [0.3, 0.4) is 0 Å². The predicted octanol–water partition coefficient (Wildman–Crippen LogP) is 2.84. The number of allylic oxidation sites excluding steroid dienone is 1. The molecule has 0 bridgehead atoms. The van der Waals surface area contributed by atoms with Crippen molar-refractivity contribution >= 4 is 11.9 Å². The smallest absolute Gasteiger partial charge is 0.189 e. The first-order valence-corrected chi connectivity index (χ1v) is 7.77. The van der Waals surface area contributed by atoms with E-state index < -0.39 is 23.6 Å². The van der Waals surface area contributed by atoms with Gasteiger partial charge in [0.15, 0.2) is 5.78 Å². The van der Waals surface area contributed by atoms with E-state index >= 15 is 0 Å². The molecule has 2 rings (SSSR count). The minimum absolute atomic E-state index is 0.00160. The lowest BCUT2D eigenvalue weighted by molar-refractivity contribution is 0.104. The van der Waals surface area contributed by atoms with Gasteiger partial charge in [0.05, 0.1) is 12.2 Å². The highest BCUT2D eigenvalue weighted by atomic mass is 16.3. The van der Waals surface area contributed by atoms with Gasteiger partial charge in [0.2, 0.25) is 0 Å². The average Bonchev–Trinajstić information content (AvgIpc) is 2.60. The molecule has 6 nitrogen and oxygen atoms in total. The van der Waals surface area contributed by atoms with Gasteiger partial charge in [0, 0.05) is 22.6 Å². The first-order valence-electron chi connectivity index (χ1n) is 7.77. The standard InChI is InChI=1S/C20H20O6/c1-3-20(2,11-21)18-16(24)9-7-14(19(18)26)15(23)8-5-12-4-6-13(22)10-17(12)25/h3-10,21-22,24-26H,1,11H2,2H3. The molecule has 5 N–H and O–H groups in total. The maximum atomic E-state index is 12.4. The second-order valence-electron chi connectivity index (χ2n) is 6.08. The van der Waals surface area contributed by atoms with E-state index in [2.05, 4.69) is 6.58 Å². The monoisotopic (exact) mass is 356 g/mol. The van der Waals surface area contributed by atoms with E-state index in [1.54, 1.807) is 6.92 Å². The fourth-order valence-corrected chi connectivity index (χ4v) is 2.52. The number of aliphatic hydroxyl groups excluding tert-OH is 1. The van der Waals surface area contributed by atoms with Crippen molar-refractivity contribution in [3.8, 4) is 23.0 Å². The molecular weight excluding hydrogens is 336 g/mol. The van der Waals surface area contributed by atoms with E-state index in [-0.39, 0.29) is 28.4 Å². The van der Waals surface area contributed by atoms with E-state index in [0.717, 1.165) is 12.1 Å². The van der Waals surface area contributed by atoms with Crippen molar-refractivity contribution in [2.45, 2.75) is 12.3 Å². The van der Waals surface area contributed by atoms with Crippen LogP contribution in [-0.4, -0.2) is 37.9 Å². The van der Waals surface area contributed by atoms with Gasteiger partial charge in [-0.15, -0.1) is 6.58 Å². The summed E-state index contributed by atoms with van der Waals surface area (Å²) in [4.78, 5) is 12.4. The molecular formula is C20H20O6. The Bertz CT molecular complexity index is 884. The third-order valence-corrected chi connectivity index (χ3v) is 4.20. The van der Waals surface area contributed by atoms with Gasteiger partial charge in [-0.3, -0.25) is 4.79 Å². The van der Waals surface area contributed by atoms with Crippen LogP contribution in [0.5, 0.6) is 23.0 Å². The summed E-state index contributed by atoms with van der Waals surface area (Å²) in [5, 5.41) is 49.1. The highest BCUT2D eigenvalue weighted by Gasteiger charge is 2.31. The molecule has 0 aromatic heterocycles. The highest BCUT2D eigenvalue weighted by Crippen LogP contribution is 2.41. The van der Waals surface area contributed by atoms with Crippen molar-refractivity contribution in [3.05, 3.63) is 65.8 Å². The van der Waals surface area contributed by atoms with Gasteiger partial charge in [-0.2, -0.15) is 0 Å². The van der Waals surface area contributed by atoms with E-state index in [9.17, 15) is 30.3 Å². The highest BCUT2D eigenvalue weighted by molar-refractivity contribution is 6.09. The van der Waals surface area contributed by atoms with Crippen LogP contribution in [0.15, 0.2) is 49.1 Å². The summed E-state index contributed by atoms with van der Waals surface area (Å²) >= 11 is 0. The third-order valence-electron chi connectivity index (χ3n) is 4.20. The van der Waals surface area contributed by atoms with E-state index in [1.807, 2.05) is 0 Å². The van der Waals surface area contributed by atoms with Crippen molar-refractivity contribution < 1.29 is 30.3 Å². The zero-order valence-electron chi connectivity index (χ0n) is 14.2. The van der Waals surface area contributed by atoms with Gasteiger partial charge in [0.1, 0.15) is 23.0 Å². The number of aliphatic hydroxyl groups is 1. The molecule has 136 valence electrons. The van der Waals surface area contributed by atoms with Crippen LogP contribution in [0, 0.1) is 0 Å². The van der Waals surface area contributed by atoms with Crippen LogP contribution >= 0.6 is 0 Å². The Hall–Kier alpha value is -3.25. The van der Waals surface area contributed by atoms with Crippen LogP contribution < -0.4 is 0 Å². The van der Waals surface area contributed by atoms with E-state index in [4.69, 9.17) is 0 Å². The number of carbonyl (C=O) groups excluding carboxylic acids is 1. The number of carbonyl (C=O) groups is 1. The zero-order valence-corrected chi connectivity index (χ0v) is 14.2. The minimum atomic E-state index is -1.14. The Balaban J connectivity index is 2.44. The molecule has 0 saturated carbocycles. The number of ketones is 1. The second kappa shape index (κ2) is 7.33. The first kappa shape index (κ1) is 19.1. The third kappa shape index (κ3) is 3.55. The number of rotatable bonds is 6. The maximum Gasteiger partial charge on any atom is 0.189 e. The number of benzene rings is 2. The summed E-state index contributed by atoms with van der Waals surface area (Å²) in [6.07, 6.45) is 3.86. The van der Waals surface area contributed by atoms with Gasteiger partial charge < -0.3 is 25.5 Å². The van der Waals surface area contributed by atoms with Gasteiger partial charge >= 0.3 is 0 Å². The van der Waals surface area contributed by atoms with Crippen molar-refractivity contribution in [3.63, 3.8) is 0 Å². The molecule has 0 amide bonds. The van der Waals surface area contributed by atoms with Gasteiger partial charge in [-0.05, 0) is 43.3 Å². The topological polar surface area (TPSA) is 118 Å². The average molecular weight is 356 g/mol. The lowest BCUT2D eigenvalue weighted by atomic mass is 9.81. The molecule has 6 heteroatoms. The van der Waals surface area contributed by atoms with Crippen LogP contribution in [0.25, 0.3) is 6.08 Å². The maximum absolute atomic E-state index is 12.4. The second-order valence-corrected chi connectivity index (χ2v) is 6.08. The fourth-order valence-electron chi connectivity index (χ4n) is 2.52. The molecule has 2 aromatic rings. The molecule has 26 heavy (non-hydrogen) atoms. The Morgan fingerprint density at radius 1 is 1.12 bits per heavy atom. The van der Waals surface area contributed by atoms with Gasteiger partial charge in [0.25, 0.3) is 0 Å². The van der Waals surface area contributed by atoms with Crippen LogP contribution in [0.2, 0.25) is 0 Å². The number of hydrogen-bond acceptors (Lipinski definition) is 6. The van der Waals surface area contributed by atoms with Crippen LogP contribution in [-0.2, 0) is 5.41 Å². The van der Waals surface area contributed by atoms with Crippen molar-refractivity contribution in [1.82, 2.24) is 0 Å². The fraction of sp³-hybridized carbons (Fsp3) is 0.150. The normalized spacial score (nSPS) is 13.5. The Kier molecular flexibility index (Phi) is 5.38. The predicted molar refractivity (Wildman–Crippen MR) is 97.5 cm³/mol. The quantitative estimate of drug-likeness (QED) is 0.309. The van der Waals surface area contributed by atoms with Crippen molar-refractivity contribution in [2.75, 3.05) is 6.61 Å². The molecule has 0 aliphatic rings. The van der Waals surface area contributed by atoms with Crippen LogP contribution in [0.1, 0.15) is 28.4 Å². The number of aromatic hydroxyl groups is 4. The van der Waals surface area contributed by atoms with Crippen molar-refractivity contribution in [1.29, 1.82) is 0 Å². The molecule has 0 radical (unpaired) electrons. The summed E-state index contributed by atoms with van der Waals surface area (Å²) in [6.45, 7) is 4.74. The van der Waals surface area contributed by atoms with Crippen molar-refractivity contribution in [2.24, 2.45) is 0 Å². The number of phenols is 4. The Morgan fingerprint density at radius 3 is 2.38 bits per heavy atom. The molecule has 0 heterocycles. The molecule has 1 unspecified atom stereocenters. The molecule has 2 aromatic carbocycles. The molecule has 0 aliphatic heterocycles. The summed E-state index contributed by atoms with van der Waals surface area (Å²) in [6, 6.07) is 6.44. The molecule has 0 aliphatic carbocycles. The zero-order chi connectivity index (χ0) is 19.5. The van der Waals surface area contributed by atoms with Gasteiger partial charge in [-0.25, -0.2) is 0 Å². The molecule has 0 spiro atoms. The van der Waals surface area contributed by atoms with Crippen LogP contribution in [0.4, 0.5) is 0 Å². The summed E-state index contributed by atoms with van der Waals surface area (Å²) in [7, 11) is 0. The number of hydrogen-bond donors (Lipinski definition) is 5. The summed E-state index contributed by atoms with van der Waals surface area (Å²) in [5.41, 5.74) is -0.903. The molecule has 0 saturated heterocycles. The lowest BCUT2D eigenvalue weighted by Crippen LogP contribution is -2.24. The van der Waals surface area contributed by atoms with Gasteiger partial charge in [-0.1, -0.05) is 6.08 Å². The summed E-state index contributed by atoms with van der Waals surface area (Å²) in [5.74, 6) is -1.61. The Morgan fingerprint density at radius 2 is 1.81 bits per heavy atom. The largest absolute Gasteiger partial charge is 0.508 e. The van der Waals surface area contributed by atoms with E-state index in [1.165, 1.54) is 36.4 Å². The SMILES string of the molecule is C=CC(C)(CO)c1c(O)ccc(C(=O)C=Cc2ccc(O)cc2O)c1O. The number of phenolic OH excluding ortho intramolecular Hbond substituents is 4. The summed E-state index contributed by atoms with van der Waals surface area (Å²) < 4.78 is 0.